The summed E-state index contributed by atoms with van der Waals surface area (Å²) in [5.74, 6) is -0.222. The number of aryl methyl sites for hydroxylation is 1. The number of anilines is 1. The Labute approximate surface area is 119 Å². The Hall–Kier alpha value is -2.54. The van der Waals surface area contributed by atoms with Crippen LogP contribution < -0.4 is 5.32 Å². The van der Waals surface area contributed by atoms with Crippen molar-refractivity contribution in [2.24, 2.45) is 7.05 Å². The fourth-order valence-corrected chi connectivity index (χ4v) is 2.37. The lowest BCUT2D eigenvalue weighted by atomic mass is 10.3. The molecule has 1 amide bonds. The maximum absolute atomic E-state index is 12.0. The van der Waals surface area contributed by atoms with E-state index in [4.69, 9.17) is 0 Å². The molecule has 100 valence electrons. The van der Waals surface area contributed by atoms with Crippen molar-refractivity contribution in [1.82, 2.24) is 19.7 Å². The van der Waals surface area contributed by atoms with Crippen molar-refractivity contribution in [3.63, 3.8) is 0 Å². The van der Waals surface area contributed by atoms with Crippen LogP contribution in [0.3, 0.4) is 0 Å². The van der Waals surface area contributed by atoms with Crippen molar-refractivity contribution in [3.05, 3.63) is 47.7 Å². The van der Waals surface area contributed by atoms with E-state index in [9.17, 15) is 4.79 Å². The molecule has 0 atom stereocenters. The van der Waals surface area contributed by atoms with E-state index in [0.29, 0.717) is 10.7 Å². The molecule has 0 bridgehead atoms. The summed E-state index contributed by atoms with van der Waals surface area (Å²) in [5, 5.41) is 9.11. The molecule has 3 rings (SSSR count). The lowest BCUT2D eigenvalue weighted by molar-refractivity contribution is 0.102. The van der Waals surface area contributed by atoms with Crippen LogP contribution in [-0.2, 0) is 7.05 Å². The Bertz CT molecular complexity index is 734. The Balaban J connectivity index is 1.76. The monoisotopic (exact) mass is 285 g/mol. The maximum Gasteiger partial charge on any atom is 0.260 e. The highest BCUT2D eigenvalue weighted by Gasteiger charge is 2.11. The molecule has 0 aliphatic rings. The summed E-state index contributed by atoms with van der Waals surface area (Å²) in [6.07, 6.45) is 4.88. The zero-order valence-electron chi connectivity index (χ0n) is 10.6. The van der Waals surface area contributed by atoms with Gasteiger partial charge in [0.25, 0.3) is 5.91 Å². The van der Waals surface area contributed by atoms with Gasteiger partial charge in [0.2, 0.25) is 0 Å². The van der Waals surface area contributed by atoms with Crippen molar-refractivity contribution in [2.75, 3.05) is 5.32 Å². The fourth-order valence-electron chi connectivity index (χ4n) is 1.67. The molecular weight excluding hydrogens is 274 g/mol. The molecular formula is C13H11N5OS. The standard InChI is InChI=1S/C13H11N5OS/c1-18-7-9(6-15-18)12(19)17-13-16-11(8-20-13)10-4-2-3-5-14-10/h2-8H,1H3,(H,16,17,19). The topological polar surface area (TPSA) is 72.7 Å². The zero-order valence-corrected chi connectivity index (χ0v) is 11.5. The lowest BCUT2D eigenvalue weighted by Crippen LogP contribution is -2.10. The second kappa shape index (κ2) is 5.22. The summed E-state index contributed by atoms with van der Waals surface area (Å²) >= 11 is 1.36. The van der Waals surface area contributed by atoms with Crippen LogP contribution in [0, 0.1) is 0 Å². The highest BCUT2D eigenvalue weighted by Crippen LogP contribution is 2.23. The van der Waals surface area contributed by atoms with Crippen molar-refractivity contribution in [1.29, 1.82) is 0 Å². The maximum atomic E-state index is 12.0. The minimum atomic E-state index is -0.222. The third-order valence-electron chi connectivity index (χ3n) is 2.62. The Morgan fingerprint density at radius 3 is 2.95 bits per heavy atom. The van der Waals surface area contributed by atoms with Crippen LogP contribution in [0.4, 0.5) is 5.13 Å². The molecule has 1 N–H and O–H groups in total. The first-order valence-corrected chi connectivity index (χ1v) is 6.77. The third kappa shape index (κ3) is 2.57. The van der Waals surface area contributed by atoms with E-state index < -0.39 is 0 Å². The van der Waals surface area contributed by atoms with Gasteiger partial charge in [-0.2, -0.15) is 5.10 Å². The molecule has 0 radical (unpaired) electrons. The average molecular weight is 285 g/mol. The van der Waals surface area contributed by atoms with Gasteiger partial charge in [-0.25, -0.2) is 4.98 Å². The molecule has 0 saturated heterocycles. The second-order valence-electron chi connectivity index (χ2n) is 4.11. The predicted octanol–water partition coefficient (Wildman–Crippen LogP) is 2.19. The van der Waals surface area contributed by atoms with Crippen LogP contribution in [-0.4, -0.2) is 25.7 Å². The third-order valence-corrected chi connectivity index (χ3v) is 3.38. The largest absolute Gasteiger partial charge is 0.298 e. The predicted molar refractivity (Wildman–Crippen MR) is 76.5 cm³/mol. The number of hydrogen-bond acceptors (Lipinski definition) is 5. The normalized spacial score (nSPS) is 10.4. The highest BCUT2D eigenvalue weighted by atomic mass is 32.1. The molecule has 3 aromatic rings. The van der Waals surface area contributed by atoms with Gasteiger partial charge in [-0.15, -0.1) is 11.3 Å². The van der Waals surface area contributed by atoms with Gasteiger partial charge in [-0.05, 0) is 12.1 Å². The summed E-state index contributed by atoms with van der Waals surface area (Å²) in [4.78, 5) is 20.5. The van der Waals surface area contributed by atoms with Crippen molar-refractivity contribution < 1.29 is 4.79 Å². The Kier molecular flexibility index (Phi) is 3.26. The molecule has 0 unspecified atom stereocenters. The molecule has 0 saturated carbocycles. The van der Waals surface area contributed by atoms with Crippen LogP contribution in [0.5, 0.6) is 0 Å². The Morgan fingerprint density at radius 2 is 2.25 bits per heavy atom. The molecule has 20 heavy (non-hydrogen) atoms. The van der Waals surface area contributed by atoms with Gasteiger partial charge in [-0.1, -0.05) is 6.07 Å². The molecule has 3 aromatic heterocycles. The van der Waals surface area contributed by atoms with Gasteiger partial charge in [0, 0.05) is 24.8 Å². The molecule has 0 aromatic carbocycles. The SMILES string of the molecule is Cn1cc(C(=O)Nc2nc(-c3ccccn3)cs2)cn1. The molecule has 0 aliphatic heterocycles. The number of nitrogens with one attached hydrogen (secondary N) is 1. The van der Waals surface area contributed by atoms with E-state index in [1.165, 1.54) is 17.5 Å². The number of amides is 1. The van der Waals surface area contributed by atoms with Gasteiger partial charge in [0.1, 0.15) is 5.69 Å². The van der Waals surface area contributed by atoms with Crippen molar-refractivity contribution in [3.8, 4) is 11.4 Å². The number of nitrogens with zero attached hydrogens (tertiary/aromatic N) is 4. The number of carbonyl (C=O) groups is 1. The summed E-state index contributed by atoms with van der Waals surface area (Å²) in [5.41, 5.74) is 2.03. The van der Waals surface area contributed by atoms with E-state index in [1.54, 1.807) is 24.1 Å². The molecule has 6 nitrogen and oxygen atoms in total. The average Bonchev–Trinajstić information content (AvgIpc) is 3.09. The second-order valence-corrected chi connectivity index (χ2v) is 4.97. The van der Waals surface area contributed by atoms with Crippen molar-refractivity contribution in [2.45, 2.75) is 0 Å². The number of hydrogen-bond donors (Lipinski definition) is 1. The minimum absolute atomic E-state index is 0.222. The first kappa shape index (κ1) is 12.5. The molecule has 3 heterocycles. The summed E-state index contributed by atoms with van der Waals surface area (Å²) in [7, 11) is 1.76. The minimum Gasteiger partial charge on any atom is -0.298 e. The van der Waals surface area contributed by atoms with Gasteiger partial charge in [-0.3, -0.25) is 19.8 Å². The van der Waals surface area contributed by atoms with Crippen LogP contribution >= 0.6 is 11.3 Å². The van der Waals surface area contributed by atoms with E-state index in [2.05, 4.69) is 20.4 Å². The van der Waals surface area contributed by atoms with E-state index in [-0.39, 0.29) is 5.91 Å². The number of aromatic nitrogens is 4. The van der Waals surface area contributed by atoms with Crippen molar-refractivity contribution >= 4 is 22.4 Å². The number of thiazole rings is 1. The lowest BCUT2D eigenvalue weighted by Gasteiger charge is -1.97. The molecule has 0 aliphatic carbocycles. The first-order chi connectivity index (χ1) is 9.72. The fraction of sp³-hybridized carbons (Fsp3) is 0.0769. The smallest absolute Gasteiger partial charge is 0.260 e. The van der Waals surface area contributed by atoms with E-state index >= 15 is 0 Å². The number of carbonyl (C=O) groups excluding carboxylic acids is 1. The summed E-state index contributed by atoms with van der Waals surface area (Å²) < 4.78 is 1.58. The highest BCUT2D eigenvalue weighted by molar-refractivity contribution is 7.14. The van der Waals surface area contributed by atoms with Gasteiger partial charge in [0.05, 0.1) is 17.5 Å². The van der Waals surface area contributed by atoms with Crippen LogP contribution in [0.15, 0.2) is 42.2 Å². The molecule has 0 spiro atoms. The zero-order chi connectivity index (χ0) is 13.9. The van der Waals surface area contributed by atoms with Gasteiger partial charge < -0.3 is 0 Å². The quantitative estimate of drug-likeness (QED) is 0.800. The summed E-state index contributed by atoms with van der Waals surface area (Å²) in [6, 6.07) is 5.62. The van der Waals surface area contributed by atoms with Crippen LogP contribution in [0.1, 0.15) is 10.4 Å². The number of rotatable bonds is 3. The first-order valence-electron chi connectivity index (χ1n) is 5.89. The van der Waals surface area contributed by atoms with Gasteiger partial charge >= 0.3 is 0 Å². The van der Waals surface area contributed by atoms with E-state index in [1.807, 2.05) is 23.6 Å². The molecule has 0 fully saturated rings. The Morgan fingerprint density at radius 1 is 1.35 bits per heavy atom. The van der Waals surface area contributed by atoms with Crippen LogP contribution in [0.2, 0.25) is 0 Å². The molecule has 7 heteroatoms. The van der Waals surface area contributed by atoms with Crippen LogP contribution in [0.25, 0.3) is 11.4 Å². The van der Waals surface area contributed by atoms with Gasteiger partial charge in [0.15, 0.2) is 5.13 Å². The summed E-state index contributed by atoms with van der Waals surface area (Å²) in [6.45, 7) is 0. The number of pyridine rings is 1. The van der Waals surface area contributed by atoms with E-state index in [0.717, 1.165) is 11.4 Å².